The van der Waals surface area contributed by atoms with Crippen molar-refractivity contribution >= 4 is 22.9 Å². The Morgan fingerprint density at radius 1 is 1.16 bits per heavy atom. The van der Waals surface area contributed by atoms with E-state index in [2.05, 4.69) is 10.4 Å². The van der Waals surface area contributed by atoms with Crippen LogP contribution >= 0.6 is 0 Å². The van der Waals surface area contributed by atoms with Gasteiger partial charge in [0.05, 0.1) is 22.3 Å². The van der Waals surface area contributed by atoms with E-state index in [1.165, 1.54) is 10.7 Å². The van der Waals surface area contributed by atoms with E-state index >= 15 is 0 Å². The van der Waals surface area contributed by atoms with E-state index in [1.54, 1.807) is 6.92 Å². The molecule has 0 atom stereocenters. The van der Waals surface area contributed by atoms with Crippen LogP contribution in [0.5, 0.6) is 0 Å². The molecule has 0 aliphatic carbocycles. The lowest BCUT2D eigenvalue weighted by atomic mass is 10.0. The maximum absolute atomic E-state index is 12.8. The van der Waals surface area contributed by atoms with Crippen molar-refractivity contribution in [1.29, 1.82) is 0 Å². The van der Waals surface area contributed by atoms with Crippen molar-refractivity contribution in [2.45, 2.75) is 39.4 Å². The van der Waals surface area contributed by atoms with Crippen LogP contribution in [0.15, 0.2) is 39.9 Å². The zero-order valence-electron chi connectivity index (χ0n) is 16.9. The smallest absolute Gasteiger partial charge is 0.328 e. The number of anilines is 1. The van der Waals surface area contributed by atoms with Crippen molar-refractivity contribution in [1.82, 2.24) is 14.8 Å². The predicted octanol–water partition coefficient (Wildman–Crippen LogP) is 3.64. The highest BCUT2D eigenvalue weighted by Gasteiger charge is 2.31. The number of pyridine rings is 1. The van der Waals surface area contributed by atoms with Crippen LogP contribution < -0.4 is 16.4 Å². The minimum absolute atomic E-state index is 0.0700. The van der Waals surface area contributed by atoms with Crippen molar-refractivity contribution in [3.05, 3.63) is 68.2 Å². The summed E-state index contributed by atoms with van der Waals surface area (Å²) < 4.78 is 52.0. The standard InChI is InChI=1S/C14H15F3N2O.C6H5FN2O2/c1-4-19-13(20)10-6-5-9(14(15,16)17)7-11(10)12(18-19)8(2)3;7-5-1-4(8-3-10)2-6(11)9-5/h5-8H,4H2,1-3H3;1-3H,(H2,8,9,10,11). The Morgan fingerprint density at radius 2 is 1.84 bits per heavy atom. The first-order valence-electron chi connectivity index (χ1n) is 9.20. The summed E-state index contributed by atoms with van der Waals surface area (Å²) in [5.41, 5.74) is -1.06. The van der Waals surface area contributed by atoms with Gasteiger partial charge in [-0.05, 0) is 31.0 Å². The molecule has 1 amide bonds. The topological polar surface area (TPSA) is 96.8 Å². The van der Waals surface area contributed by atoms with E-state index in [9.17, 15) is 31.9 Å². The molecular weight excluding hydrogens is 420 g/mol. The molecule has 0 radical (unpaired) electrons. The third-order valence-electron chi connectivity index (χ3n) is 4.20. The number of rotatable bonds is 4. The first-order chi connectivity index (χ1) is 14.5. The normalized spacial score (nSPS) is 11.2. The fraction of sp³-hybridized carbons (Fsp3) is 0.300. The number of carbonyl (C=O) groups excluding carboxylic acids is 1. The second-order valence-electron chi connectivity index (χ2n) is 6.76. The van der Waals surface area contributed by atoms with Gasteiger partial charge in [0.1, 0.15) is 0 Å². The molecule has 0 aliphatic rings. The lowest BCUT2D eigenvalue weighted by Crippen LogP contribution is -2.24. The maximum atomic E-state index is 12.8. The molecule has 0 bridgehead atoms. The Kier molecular flexibility index (Phi) is 7.32. The molecule has 166 valence electrons. The summed E-state index contributed by atoms with van der Waals surface area (Å²) in [5, 5.41) is 6.89. The monoisotopic (exact) mass is 440 g/mol. The SMILES string of the molecule is CCn1nc(C(C)C)c2cc(C(F)(F)F)ccc2c1=O.O=CNc1cc(F)[nH]c(=O)c1. The molecule has 0 unspecified atom stereocenters. The highest BCUT2D eigenvalue weighted by Crippen LogP contribution is 2.32. The highest BCUT2D eigenvalue weighted by atomic mass is 19.4. The summed E-state index contributed by atoms with van der Waals surface area (Å²) in [6.45, 7) is 5.84. The fourth-order valence-electron chi connectivity index (χ4n) is 2.79. The molecule has 3 aromatic rings. The molecule has 0 saturated heterocycles. The summed E-state index contributed by atoms with van der Waals surface area (Å²) in [6.07, 6.45) is -4.06. The van der Waals surface area contributed by atoms with Gasteiger partial charge in [-0.25, -0.2) is 4.68 Å². The summed E-state index contributed by atoms with van der Waals surface area (Å²) in [6, 6.07) is 5.28. The lowest BCUT2D eigenvalue weighted by Gasteiger charge is -2.14. The number of amides is 1. The van der Waals surface area contributed by atoms with Crippen molar-refractivity contribution in [2.24, 2.45) is 0 Å². The Morgan fingerprint density at radius 3 is 2.35 bits per heavy atom. The van der Waals surface area contributed by atoms with Gasteiger partial charge < -0.3 is 5.32 Å². The molecule has 2 aromatic heterocycles. The molecule has 1 aromatic carbocycles. The van der Waals surface area contributed by atoms with Crippen molar-refractivity contribution < 1.29 is 22.4 Å². The maximum Gasteiger partial charge on any atom is 0.416 e. The molecule has 7 nitrogen and oxygen atoms in total. The molecule has 0 saturated carbocycles. The van der Waals surface area contributed by atoms with Crippen LogP contribution in [0.25, 0.3) is 10.8 Å². The molecular formula is C20H20F4N4O3. The Labute approximate surface area is 173 Å². The molecule has 3 rings (SSSR count). The Bertz CT molecular complexity index is 1200. The lowest BCUT2D eigenvalue weighted by molar-refractivity contribution is -0.137. The van der Waals surface area contributed by atoms with E-state index in [4.69, 9.17) is 0 Å². The van der Waals surface area contributed by atoms with Gasteiger partial charge in [-0.2, -0.15) is 22.7 Å². The van der Waals surface area contributed by atoms with Gasteiger partial charge in [0, 0.05) is 24.1 Å². The van der Waals surface area contributed by atoms with E-state index in [0.717, 1.165) is 24.3 Å². The van der Waals surface area contributed by atoms with Gasteiger partial charge in [0.15, 0.2) is 5.95 Å². The zero-order valence-corrected chi connectivity index (χ0v) is 16.9. The van der Waals surface area contributed by atoms with Crippen molar-refractivity contribution in [3.8, 4) is 0 Å². The average molecular weight is 440 g/mol. The Balaban J connectivity index is 0.000000262. The number of aromatic amines is 1. The van der Waals surface area contributed by atoms with E-state index in [0.29, 0.717) is 18.6 Å². The first-order valence-corrected chi connectivity index (χ1v) is 9.20. The van der Waals surface area contributed by atoms with Crippen LogP contribution in [0.1, 0.15) is 37.9 Å². The second kappa shape index (κ2) is 9.54. The van der Waals surface area contributed by atoms with E-state index in [1.807, 2.05) is 18.8 Å². The van der Waals surface area contributed by atoms with Crippen LogP contribution in [0.3, 0.4) is 0 Å². The fourth-order valence-corrected chi connectivity index (χ4v) is 2.79. The third-order valence-corrected chi connectivity index (χ3v) is 4.20. The van der Waals surface area contributed by atoms with E-state index < -0.39 is 23.2 Å². The minimum Gasteiger partial charge on any atom is -0.328 e. The van der Waals surface area contributed by atoms with Gasteiger partial charge in [0.25, 0.3) is 11.1 Å². The number of nitrogens with zero attached hydrogens (tertiary/aromatic N) is 2. The molecule has 0 spiro atoms. The summed E-state index contributed by atoms with van der Waals surface area (Å²) in [5.74, 6) is -0.846. The molecule has 0 aliphatic heterocycles. The first kappa shape index (κ1) is 23.8. The number of fused-ring (bicyclic) bond motifs is 1. The van der Waals surface area contributed by atoms with Gasteiger partial charge in [-0.1, -0.05) is 13.8 Å². The average Bonchev–Trinajstić information content (AvgIpc) is 2.67. The summed E-state index contributed by atoms with van der Waals surface area (Å²) in [4.78, 5) is 34.4. The molecule has 2 heterocycles. The van der Waals surface area contributed by atoms with Crippen LogP contribution in [0, 0.1) is 5.95 Å². The van der Waals surface area contributed by atoms with Crippen LogP contribution in [0.4, 0.5) is 23.2 Å². The highest BCUT2D eigenvalue weighted by molar-refractivity contribution is 5.84. The number of H-pyrrole nitrogens is 1. The number of hydrogen-bond donors (Lipinski definition) is 2. The van der Waals surface area contributed by atoms with Crippen LogP contribution in [-0.4, -0.2) is 21.2 Å². The zero-order chi connectivity index (χ0) is 23.3. The van der Waals surface area contributed by atoms with Gasteiger partial charge >= 0.3 is 6.18 Å². The molecule has 11 heteroatoms. The molecule has 31 heavy (non-hydrogen) atoms. The number of aromatic nitrogens is 3. The number of benzene rings is 1. The van der Waals surface area contributed by atoms with E-state index in [-0.39, 0.29) is 27.9 Å². The number of carbonyl (C=O) groups is 1. The van der Waals surface area contributed by atoms with Crippen molar-refractivity contribution in [2.75, 3.05) is 5.32 Å². The number of aryl methyl sites for hydroxylation is 1. The molecule has 2 N–H and O–H groups in total. The predicted molar refractivity (Wildman–Crippen MR) is 107 cm³/mol. The van der Waals surface area contributed by atoms with Crippen LogP contribution in [-0.2, 0) is 17.5 Å². The quantitative estimate of drug-likeness (QED) is 0.368. The largest absolute Gasteiger partial charge is 0.416 e. The summed E-state index contributed by atoms with van der Waals surface area (Å²) in [7, 11) is 0. The Hall–Kier alpha value is -3.50. The third kappa shape index (κ3) is 5.77. The molecule has 0 fully saturated rings. The summed E-state index contributed by atoms with van der Waals surface area (Å²) >= 11 is 0. The van der Waals surface area contributed by atoms with Crippen LogP contribution in [0.2, 0.25) is 0 Å². The number of alkyl halides is 3. The van der Waals surface area contributed by atoms with Gasteiger partial charge in [-0.15, -0.1) is 0 Å². The van der Waals surface area contributed by atoms with Crippen molar-refractivity contribution in [3.63, 3.8) is 0 Å². The number of hydrogen-bond acceptors (Lipinski definition) is 4. The number of nitrogens with one attached hydrogen (secondary N) is 2. The van der Waals surface area contributed by atoms with Gasteiger partial charge in [0.2, 0.25) is 6.41 Å². The second-order valence-corrected chi connectivity index (χ2v) is 6.76. The van der Waals surface area contributed by atoms with Gasteiger partial charge in [-0.3, -0.25) is 19.4 Å². The minimum atomic E-state index is -4.43. The number of halogens is 4.